The first-order valence-corrected chi connectivity index (χ1v) is 10.1. The number of amides is 1. The SMILES string of the molecule is N#CC1(C(=O)N[C@H]2CN(Cc3cccs3)C[C@@H]2C2CC2)CCOCC1. The van der Waals surface area contributed by atoms with Crippen LogP contribution in [-0.4, -0.2) is 43.2 Å². The van der Waals surface area contributed by atoms with Crippen LogP contribution < -0.4 is 5.32 Å². The molecule has 3 heterocycles. The number of hydrogen-bond donors (Lipinski definition) is 1. The summed E-state index contributed by atoms with van der Waals surface area (Å²) in [6.07, 6.45) is 3.58. The molecule has 6 heteroatoms. The van der Waals surface area contributed by atoms with Gasteiger partial charge in [-0.25, -0.2) is 0 Å². The molecule has 0 spiro atoms. The molecule has 1 N–H and O–H groups in total. The molecule has 0 radical (unpaired) electrons. The number of carbonyl (C=O) groups is 1. The van der Waals surface area contributed by atoms with E-state index in [4.69, 9.17) is 4.74 Å². The highest BCUT2D eigenvalue weighted by Gasteiger charge is 2.46. The van der Waals surface area contributed by atoms with Crippen LogP contribution in [0.1, 0.15) is 30.6 Å². The first kappa shape index (κ1) is 17.0. The number of thiophene rings is 1. The average molecular weight is 359 g/mol. The third kappa shape index (κ3) is 3.59. The zero-order chi connectivity index (χ0) is 17.3. The normalized spacial score (nSPS) is 29.2. The van der Waals surface area contributed by atoms with E-state index in [0.29, 0.717) is 32.0 Å². The van der Waals surface area contributed by atoms with Gasteiger partial charge >= 0.3 is 0 Å². The number of likely N-dealkylation sites (tertiary alicyclic amines) is 1. The molecule has 5 nitrogen and oxygen atoms in total. The van der Waals surface area contributed by atoms with E-state index < -0.39 is 5.41 Å². The van der Waals surface area contributed by atoms with Gasteiger partial charge in [-0.1, -0.05) is 6.07 Å². The zero-order valence-corrected chi connectivity index (χ0v) is 15.3. The molecule has 1 aromatic rings. The number of nitrogens with zero attached hydrogens (tertiary/aromatic N) is 2. The average Bonchev–Trinajstić information content (AvgIpc) is 3.22. The number of ether oxygens (including phenoxy) is 1. The molecule has 25 heavy (non-hydrogen) atoms. The summed E-state index contributed by atoms with van der Waals surface area (Å²) in [4.78, 5) is 16.7. The second kappa shape index (κ2) is 7.06. The maximum atomic E-state index is 12.9. The Kier molecular flexibility index (Phi) is 4.81. The number of rotatable bonds is 5. The van der Waals surface area contributed by atoms with Crippen molar-refractivity contribution < 1.29 is 9.53 Å². The fourth-order valence-electron chi connectivity index (χ4n) is 4.24. The lowest BCUT2D eigenvalue weighted by molar-refractivity contribution is -0.133. The molecule has 3 aliphatic rings. The lowest BCUT2D eigenvalue weighted by Crippen LogP contribution is -2.50. The van der Waals surface area contributed by atoms with E-state index in [1.54, 1.807) is 11.3 Å². The van der Waals surface area contributed by atoms with Gasteiger partial charge in [0.15, 0.2) is 0 Å². The highest BCUT2D eigenvalue weighted by Crippen LogP contribution is 2.42. The topological polar surface area (TPSA) is 65.4 Å². The molecule has 1 aliphatic carbocycles. The van der Waals surface area contributed by atoms with Crippen LogP contribution in [0.5, 0.6) is 0 Å². The molecule has 2 atom stereocenters. The summed E-state index contributed by atoms with van der Waals surface area (Å²) < 4.78 is 5.35. The Balaban J connectivity index is 1.42. The van der Waals surface area contributed by atoms with Crippen molar-refractivity contribution in [1.82, 2.24) is 10.2 Å². The largest absolute Gasteiger partial charge is 0.381 e. The first-order valence-electron chi connectivity index (χ1n) is 9.25. The highest BCUT2D eigenvalue weighted by molar-refractivity contribution is 7.09. The predicted octanol–water partition coefficient (Wildman–Crippen LogP) is 2.40. The van der Waals surface area contributed by atoms with Crippen LogP contribution in [0.2, 0.25) is 0 Å². The predicted molar refractivity (Wildman–Crippen MR) is 95.8 cm³/mol. The van der Waals surface area contributed by atoms with E-state index in [9.17, 15) is 10.1 Å². The molecular formula is C19H25N3O2S. The van der Waals surface area contributed by atoms with Crippen molar-refractivity contribution in [3.8, 4) is 6.07 Å². The van der Waals surface area contributed by atoms with Crippen molar-refractivity contribution in [3.63, 3.8) is 0 Å². The zero-order valence-electron chi connectivity index (χ0n) is 14.4. The van der Waals surface area contributed by atoms with Gasteiger partial charge in [-0.05, 0) is 49.0 Å². The Bertz CT molecular complexity index is 644. The van der Waals surface area contributed by atoms with Crippen molar-refractivity contribution in [2.45, 2.75) is 38.3 Å². The molecule has 3 fully saturated rings. The lowest BCUT2D eigenvalue weighted by Gasteiger charge is -2.31. The van der Waals surface area contributed by atoms with Crippen LogP contribution in [0.15, 0.2) is 17.5 Å². The molecule has 4 rings (SSSR count). The summed E-state index contributed by atoms with van der Waals surface area (Å²) in [5.41, 5.74) is -0.895. The molecule has 134 valence electrons. The third-order valence-electron chi connectivity index (χ3n) is 5.94. The van der Waals surface area contributed by atoms with Crippen LogP contribution in [0.3, 0.4) is 0 Å². The smallest absolute Gasteiger partial charge is 0.240 e. The molecular weight excluding hydrogens is 334 g/mol. The quantitative estimate of drug-likeness (QED) is 0.877. The standard InChI is InChI=1S/C19H25N3O2S/c20-13-19(5-7-24-8-6-19)18(23)21-17-12-22(10-15-2-1-9-25-15)11-16(17)14-3-4-14/h1-2,9,14,16-17H,3-8,10-12H2,(H,21,23)/t16-,17+/m1/s1. The summed E-state index contributed by atoms with van der Waals surface area (Å²) in [7, 11) is 0. The van der Waals surface area contributed by atoms with Gasteiger partial charge in [0.05, 0.1) is 6.07 Å². The minimum Gasteiger partial charge on any atom is -0.381 e. The number of carbonyl (C=O) groups excluding carboxylic acids is 1. The molecule has 0 bridgehead atoms. The number of nitriles is 1. The van der Waals surface area contributed by atoms with E-state index in [2.05, 4.69) is 33.8 Å². The van der Waals surface area contributed by atoms with Crippen molar-refractivity contribution >= 4 is 17.2 Å². The minimum atomic E-state index is -0.895. The number of nitrogens with one attached hydrogen (secondary N) is 1. The number of hydrogen-bond acceptors (Lipinski definition) is 5. The molecule has 1 saturated carbocycles. The summed E-state index contributed by atoms with van der Waals surface area (Å²) in [5.74, 6) is 1.19. The summed E-state index contributed by atoms with van der Waals surface area (Å²) in [6.45, 7) is 3.91. The van der Waals surface area contributed by atoms with Crippen LogP contribution in [0.4, 0.5) is 0 Å². The van der Waals surface area contributed by atoms with Crippen molar-refractivity contribution in [3.05, 3.63) is 22.4 Å². The van der Waals surface area contributed by atoms with Gasteiger partial charge in [-0.15, -0.1) is 11.3 Å². The van der Waals surface area contributed by atoms with E-state index in [1.165, 1.54) is 17.7 Å². The molecule has 1 amide bonds. The molecule has 0 aromatic carbocycles. The Hall–Kier alpha value is -1.42. The molecule has 2 saturated heterocycles. The first-order chi connectivity index (χ1) is 12.2. The second-order valence-corrected chi connectivity index (χ2v) is 8.69. The summed E-state index contributed by atoms with van der Waals surface area (Å²) in [5, 5.41) is 15.0. The Morgan fingerprint density at radius 3 is 2.84 bits per heavy atom. The van der Waals surface area contributed by atoms with Crippen molar-refractivity contribution in [1.29, 1.82) is 5.26 Å². The van der Waals surface area contributed by atoms with Gasteiger partial charge in [-0.3, -0.25) is 9.69 Å². The highest BCUT2D eigenvalue weighted by atomic mass is 32.1. The fourth-order valence-corrected chi connectivity index (χ4v) is 4.98. The van der Waals surface area contributed by atoms with Crippen LogP contribution in [-0.2, 0) is 16.1 Å². The van der Waals surface area contributed by atoms with E-state index in [0.717, 1.165) is 25.6 Å². The van der Waals surface area contributed by atoms with Crippen LogP contribution in [0.25, 0.3) is 0 Å². The van der Waals surface area contributed by atoms with Crippen LogP contribution >= 0.6 is 11.3 Å². The lowest BCUT2D eigenvalue weighted by atomic mass is 9.80. The summed E-state index contributed by atoms with van der Waals surface area (Å²) in [6, 6.07) is 6.74. The van der Waals surface area contributed by atoms with Gasteiger partial charge in [0.2, 0.25) is 5.91 Å². The molecule has 0 unspecified atom stereocenters. The Labute approximate surface area is 153 Å². The van der Waals surface area contributed by atoms with Gasteiger partial charge in [0.1, 0.15) is 5.41 Å². The van der Waals surface area contributed by atoms with E-state index in [1.807, 2.05) is 0 Å². The minimum absolute atomic E-state index is 0.0769. The molecule has 1 aromatic heterocycles. The fraction of sp³-hybridized carbons (Fsp3) is 0.684. The van der Waals surface area contributed by atoms with Gasteiger partial charge in [0, 0.05) is 43.8 Å². The monoisotopic (exact) mass is 359 g/mol. The third-order valence-corrected chi connectivity index (χ3v) is 6.80. The maximum absolute atomic E-state index is 12.9. The van der Waals surface area contributed by atoms with Gasteiger partial charge < -0.3 is 10.1 Å². The Morgan fingerprint density at radius 2 is 2.20 bits per heavy atom. The Morgan fingerprint density at radius 1 is 1.40 bits per heavy atom. The van der Waals surface area contributed by atoms with Gasteiger partial charge in [-0.2, -0.15) is 5.26 Å². The van der Waals surface area contributed by atoms with Gasteiger partial charge in [0.25, 0.3) is 0 Å². The van der Waals surface area contributed by atoms with E-state index >= 15 is 0 Å². The maximum Gasteiger partial charge on any atom is 0.240 e. The van der Waals surface area contributed by atoms with E-state index in [-0.39, 0.29) is 11.9 Å². The summed E-state index contributed by atoms with van der Waals surface area (Å²) >= 11 is 1.79. The second-order valence-electron chi connectivity index (χ2n) is 7.66. The van der Waals surface area contributed by atoms with Crippen molar-refractivity contribution in [2.75, 3.05) is 26.3 Å². The van der Waals surface area contributed by atoms with Crippen molar-refractivity contribution in [2.24, 2.45) is 17.3 Å². The van der Waals surface area contributed by atoms with Crippen LogP contribution in [0, 0.1) is 28.6 Å². The molecule has 2 aliphatic heterocycles.